The number of likely N-dealkylation sites (N-methyl/N-ethyl adjacent to an activating group) is 1. The lowest BCUT2D eigenvalue weighted by Crippen LogP contribution is -2.55. The average Bonchev–Trinajstić information content (AvgIpc) is 3.10. The number of hydrogen-bond donors (Lipinski definition) is 0. The van der Waals surface area contributed by atoms with Crippen molar-refractivity contribution in [2.75, 3.05) is 63.2 Å². The number of amides is 1. The van der Waals surface area contributed by atoms with Gasteiger partial charge >= 0.3 is 6.09 Å². The Kier molecular flexibility index (Phi) is 9.70. The first-order valence-corrected chi connectivity index (χ1v) is 16.0. The fourth-order valence-electron chi connectivity index (χ4n) is 6.45. The van der Waals surface area contributed by atoms with Crippen LogP contribution in [0.3, 0.4) is 0 Å². The van der Waals surface area contributed by atoms with Crippen LogP contribution in [0.5, 0.6) is 5.88 Å². The van der Waals surface area contributed by atoms with Gasteiger partial charge in [0.1, 0.15) is 30.7 Å². The fraction of sp³-hybridized carbons (Fsp3) is 0.351. The molecule has 1 atom stereocenters. The quantitative estimate of drug-likeness (QED) is 0.242. The highest BCUT2D eigenvalue weighted by atomic mass is 16.6. The molecule has 0 bridgehead atoms. The van der Waals surface area contributed by atoms with Gasteiger partial charge in [0.25, 0.3) is 0 Å². The number of rotatable bonds is 9. The lowest BCUT2D eigenvalue weighted by molar-refractivity contribution is 0.0767. The van der Waals surface area contributed by atoms with Gasteiger partial charge in [-0.3, -0.25) is 0 Å². The van der Waals surface area contributed by atoms with Crippen LogP contribution in [0.2, 0.25) is 0 Å². The number of anilines is 2. The van der Waals surface area contributed by atoms with Gasteiger partial charge in [0.15, 0.2) is 0 Å². The van der Waals surface area contributed by atoms with Crippen LogP contribution >= 0.6 is 0 Å². The molecule has 1 unspecified atom stereocenters. The first-order valence-electron chi connectivity index (χ1n) is 16.0. The van der Waals surface area contributed by atoms with Gasteiger partial charge in [-0.25, -0.2) is 4.79 Å². The number of benzene rings is 3. The predicted molar refractivity (Wildman–Crippen MR) is 181 cm³/mol. The normalized spacial score (nSPS) is 16.0. The van der Waals surface area contributed by atoms with Gasteiger partial charge in [-0.2, -0.15) is 15.5 Å². The number of ether oxygens (including phenoxy) is 2. The third-order valence-corrected chi connectivity index (χ3v) is 8.88. The minimum Gasteiger partial charge on any atom is -0.475 e. The number of carbonyl (C=O) groups is 1. The van der Waals surface area contributed by atoms with Gasteiger partial charge in [0.05, 0.1) is 18.5 Å². The minimum atomic E-state index is -0.429. The molecular formula is C37H39N7O3. The van der Waals surface area contributed by atoms with E-state index in [1.165, 1.54) is 10.8 Å². The first kappa shape index (κ1) is 31.7. The number of hydrogen-bond acceptors (Lipinski definition) is 9. The lowest BCUT2D eigenvalue weighted by Gasteiger charge is -2.42. The van der Waals surface area contributed by atoms with Crippen molar-refractivity contribution >= 4 is 28.4 Å². The van der Waals surface area contributed by atoms with Crippen molar-refractivity contribution in [1.82, 2.24) is 14.8 Å². The van der Waals surface area contributed by atoms with E-state index in [1.807, 2.05) is 55.4 Å². The largest absolute Gasteiger partial charge is 0.475 e. The second-order valence-electron chi connectivity index (χ2n) is 12.2. The maximum atomic E-state index is 13.2. The lowest BCUT2D eigenvalue weighted by atomic mass is 9.94. The van der Waals surface area contributed by atoms with Crippen molar-refractivity contribution < 1.29 is 14.3 Å². The summed E-state index contributed by atoms with van der Waals surface area (Å²) in [5, 5.41) is 22.5. The summed E-state index contributed by atoms with van der Waals surface area (Å²) in [6, 6.07) is 28.6. The number of nitrogens with zero attached hydrogens (tertiary/aromatic N) is 7. The number of aromatic nitrogens is 1. The van der Waals surface area contributed by atoms with E-state index >= 15 is 0 Å². The molecule has 1 amide bonds. The van der Waals surface area contributed by atoms with E-state index in [0.717, 1.165) is 34.7 Å². The van der Waals surface area contributed by atoms with Crippen molar-refractivity contribution in [3.63, 3.8) is 0 Å². The van der Waals surface area contributed by atoms with Crippen molar-refractivity contribution in [3.05, 3.63) is 95.1 Å². The molecule has 47 heavy (non-hydrogen) atoms. The Morgan fingerprint density at radius 3 is 2.53 bits per heavy atom. The summed E-state index contributed by atoms with van der Waals surface area (Å²) in [5.74, 6) is 1.08. The van der Waals surface area contributed by atoms with Crippen LogP contribution in [-0.4, -0.2) is 80.3 Å². The number of pyridine rings is 1. The zero-order chi connectivity index (χ0) is 32.8. The van der Waals surface area contributed by atoms with Crippen LogP contribution in [0.4, 0.5) is 16.3 Å². The number of fused-ring (bicyclic) bond motifs is 2. The van der Waals surface area contributed by atoms with Crippen molar-refractivity contribution in [3.8, 4) is 18.0 Å². The predicted octanol–water partition coefficient (Wildman–Crippen LogP) is 5.35. The summed E-state index contributed by atoms with van der Waals surface area (Å²) in [4.78, 5) is 26.4. The molecule has 0 spiro atoms. The van der Waals surface area contributed by atoms with Gasteiger partial charge in [0, 0.05) is 61.5 Å². The van der Waals surface area contributed by atoms with Gasteiger partial charge < -0.3 is 29.1 Å². The third kappa shape index (κ3) is 6.94. The van der Waals surface area contributed by atoms with Gasteiger partial charge in [-0.1, -0.05) is 66.7 Å². The Labute approximate surface area is 275 Å². The third-order valence-electron chi connectivity index (χ3n) is 8.88. The molecule has 0 radical (unpaired) electrons. The Bertz CT molecular complexity index is 1810. The molecule has 0 aliphatic carbocycles. The van der Waals surface area contributed by atoms with Gasteiger partial charge in [-0.05, 0) is 37.5 Å². The average molecular weight is 630 g/mol. The topological polar surface area (TPSA) is 109 Å². The van der Waals surface area contributed by atoms with Crippen molar-refractivity contribution in [1.29, 1.82) is 10.5 Å². The fourth-order valence-corrected chi connectivity index (χ4v) is 6.45. The van der Waals surface area contributed by atoms with Crippen LogP contribution in [0.15, 0.2) is 72.8 Å². The van der Waals surface area contributed by atoms with Crippen molar-refractivity contribution in [2.24, 2.45) is 0 Å². The van der Waals surface area contributed by atoms with Crippen LogP contribution in [0.1, 0.15) is 28.7 Å². The van der Waals surface area contributed by atoms with Crippen LogP contribution in [-0.2, 0) is 24.3 Å². The Morgan fingerprint density at radius 2 is 1.74 bits per heavy atom. The standard InChI is InChI=1S/C37H39N7O3/c1-41(2)21-22-46-36-32(23-39)33-25-42(34-14-8-12-28-11-6-7-13-30(28)34)18-16-31(33)35(40-36)43-19-20-44(29(24-43)15-17-38)37(45)47-26-27-9-4-3-5-10-27/h3-14,29H,15-16,18-22,24-26H2,1-2H3. The molecule has 3 aromatic carbocycles. The number of carbonyl (C=O) groups excluding carboxylic acids is 1. The van der Waals surface area contributed by atoms with Crippen LogP contribution in [0.25, 0.3) is 10.8 Å². The second-order valence-corrected chi connectivity index (χ2v) is 12.2. The molecule has 0 saturated carbocycles. The molecule has 240 valence electrons. The summed E-state index contributed by atoms with van der Waals surface area (Å²) >= 11 is 0. The molecule has 2 aliphatic rings. The Morgan fingerprint density at radius 1 is 0.957 bits per heavy atom. The van der Waals surface area contributed by atoms with E-state index < -0.39 is 6.09 Å². The molecule has 1 fully saturated rings. The maximum Gasteiger partial charge on any atom is 0.410 e. The molecule has 6 rings (SSSR count). The van der Waals surface area contributed by atoms with Gasteiger partial charge in [-0.15, -0.1) is 0 Å². The minimum absolute atomic E-state index is 0.163. The van der Waals surface area contributed by atoms with Crippen molar-refractivity contribution in [2.45, 2.75) is 32.0 Å². The summed E-state index contributed by atoms with van der Waals surface area (Å²) in [6.07, 6.45) is 0.425. The van der Waals surface area contributed by atoms with E-state index in [1.54, 1.807) is 4.90 Å². The van der Waals surface area contributed by atoms with Crippen LogP contribution < -0.4 is 14.5 Å². The van der Waals surface area contributed by atoms with Crippen LogP contribution in [0, 0.1) is 22.7 Å². The smallest absolute Gasteiger partial charge is 0.410 e. The first-order chi connectivity index (χ1) is 23.0. The highest BCUT2D eigenvalue weighted by molar-refractivity contribution is 5.94. The van der Waals surface area contributed by atoms with Gasteiger partial charge in [0.2, 0.25) is 5.88 Å². The summed E-state index contributed by atoms with van der Waals surface area (Å²) < 4.78 is 11.8. The molecule has 0 N–H and O–H groups in total. The SMILES string of the molecule is CN(C)CCOc1nc(N2CCN(C(=O)OCc3ccccc3)C(CC#N)C2)c2c(c1C#N)CN(c1cccc3ccccc13)CC2. The molecule has 1 aromatic heterocycles. The number of nitriles is 2. The molecule has 3 heterocycles. The van der Waals surface area contributed by atoms with E-state index in [-0.39, 0.29) is 19.1 Å². The summed E-state index contributed by atoms with van der Waals surface area (Å²) in [7, 11) is 3.95. The number of piperazine rings is 1. The zero-order valence-corrected chi connectivity index (χ0v) is 26.9. The Balaban J connectivity index is 1.31. The highest BCUT2D eigenvalue weighted by Crippen LogP contribution is 2.38. The monoisotopic (exact) mass is 629 g/mol. The van der Waals surface area contributed by atoms with E-state index in [4.69, 9.17) is 14.5 Å². The molecule has 10 nitrogen and oxygen atoms in total. The molecule has 4 aromatic rings. The highest BCUT2D eigenvalue weighted by Gasteiger charge is 2.35. The summed E-state index contributed by atoms with van der Waals surface area (Å²) in [6.45, 7) is 3.85. The molecule has 1 saturated heterocycles. The Hall–Kier alpha value is -5.32. The van der Waals surface area contributed by atoms with E-state index in [9.17, 15) is 15.3 Å². The second kappa shape index (κ2) is 14.4. The van der Waals surface area contributed by atoms with E-state index in [2.05, 4.69) is 58.3 Å². The molecule has 10 heteroatoms. The van der Waals surface area contributed by atoms with E-state index in [0.29, 0.717) is 57.2 Å². The molecule has 2 aliphatic heterocycles. The zero-order valence-electron chi connectivity index (χ0n) is 26.9. The summed E-state index contributed by atoms with van der Waals surface area (Å²) in [5.41, 5.74) is 4.43. The maximum absolute atomic E-state index is 13.2. The molecular weight excluding hydrogens is 590 g/mol.